The van der Waals surface area contributed by atoms with Crippen LogP contribution in [0.25, 0.3) is 6.08 Å². The number of rotatable bonds is 3. The fraction of sp³-hybridized carbons (Fsp3) is 0.455. The smallest absolute Gasteiger partial charge is 0.330 e. The molecule has 0 bridgehead atoms. The molecule has 0 amide bonds. The Hall–Kier alpha value is -1.22. The minimum absolute atomic E-state index is 0.175. The number of halogens is 1. The molecule has 2 rings (SSSR count). The standard InChI is InChI=1S/C11H13BrN2O5/c12-2-1-6-4-14(11(18)13-10(6)17)9-3-7(16)8(5-15)19-9/h1-2,4,7-9,15-16H,3,5H2,(H,13,17,18)/b2-1+/t7-,8?,9-/m1/s1. The number of aromatic amines is 1. The molecule has 0 spiro atoms. The lowest BCUT2D eigenvalue weighted by Gasteiger charge is -2.14. The van der Waals surface area contributed by atoms with Crippen LogP contribution in [0.2, 0.25) is 0 Å². The average Bonchev–Trinajstić information content (AvgIpc) is 2.74. The first-order valence-electron chi connectivity index (χ1n) is 5.63. The molecular weight excluding hydrogens is 320 g/mol. The number of H-pyrrole nitrogens is 1. The summed E-state index contributed by atoms with van der Waals surface area (Å²) < 4.78 is 6.56. The first-order valence-corrected chi connectivity index (χ1v) is 6.55. The average molecular weight is 333 g/mol. The van der Waals surface area contributed by atoms with Crippen LogP contribution in [0.15, 0.2) is 20.8 Å². The first kappa shape index (κ1) is 14.2. The molecule has 1 aliphatic rings. The van der Waals surface area contributed by atoms with Crippen molar-refractivity contribution in [3.63, 3.8) is 0 Å². The van der Waals surface area contributed by atoms with E-state index in [4.69, 9.17) is 9.84 Å². The molecule has 0 aliphatic carbocycles. The number of aliphatic hydroxyl groups excluding tert-OH is 2. The van der Waals surface area contributed by atoms with E-state index in [1.54, 1.807) is 0 Å². The molecule has 1 aromatic heterocycles. The largest absolute Gasteiger partial charge is 0.394 e. The van der Waals surface area contributed by atoms with Gasteiger partial charge in [0, 0.05) is 12.6 Å². The molecular formula is C11H13BrN2O5. The minimum Gasteiger partial charge on any atom is -0.394 e. The maximum atomic E-state index is 11.7. The van der Waals surface area contributed by atoms with Gasteiger partial charge in [-0.25, -0.2) is 4.79 Å². The quantitative estimate of drug-likeness (QED) is 0.695. The van der Waals surface area contributed by atoms with Crippen LogP contribution < -0.4 is 11.2 Å². The van der Waals surface area contributed by atoms with E-state index in [1.807, 2.05) is 0 Å². The molecule has 1 saturated heterocycles. The number of ether oxygens (including phenoxy) is 1. The van der Waals surface area contributed by atoms with Gasteiger partial charge in [-0.3, -0.25) is 14.3 Å². The van der Waals surface area contributed by atoms with E-state index in [9.17, 15) is 14.7 Å². The molecule has 104 valence electrons. The normalized spacial score (nSPS) is 27.2. The van der Waals surface area contributed by atoms with Crippen LogP contribution in [-0.4, -0.2) is 38.6 Å². The zero-order valence-corrected chi connectivity index (χ0v) is 11.4. The van der Waals surface area contributed by atoms with Gasteiger partial charge in [0.1, 0.15) is 12.3 Å². The summed E-state index contributed by atoms with van der Waals surface area (Å²) in [5.74, 6) is 0. The highest BCUT2D eigenvalue weighted by Crippen LogP contribution is 2.27. The van der Waals surface area contributed by atoms with E-state index in [2.05, 4.69) is 20.9 Å². The van der Waals surface area contributed by atoms with Crippen molar-refractivity contribution < 1.29 is 14.9 Å². The Morgan fingerprint density at radius 3 is 2.89 bits per heavy atom. The summed E-state index contributed by atoms with van der Waals surface area (Å²) in [4.78, 5) is 26.9. The van der Waals surface area contributed by atoms with E-state index in [-0.39, 0.29) is 18.6 Å². The van der Waals surface area contributed by atoms with Crippen LogP contribution in [0.5, 0.6) is 0 Å². The van der Waals surface area contributed by atoms with Crippen LogP contribution in [0.3, 0.4) is 0 Å². The number of aromatic nitrogens is 2. The minimum atomic E-state index is -0.844. The molecule has 3 atom stereocenters. The van der Waals surface area contributed by atoms with E-state index < -0.39 is 29.7 Å². The van der Waals surface area contributed by atoms with Crippen LogP contribution in [0.1, 0.15) is 18.2 Å². The third-order valence-corrected chi connectivity index (χ3v) is 3.20. The van der Waals surface area contributed by atoms with Gasteiger partial charge in [0.05, 0.1) is 18.3 Å². The summed E-state index contributed by atoms with van der Waals surface area (Å²) in [5, 5.41) is 18.7. The molecule has 1 aromatic rings. The van der Waals surface area contributed by atoms with Crippen molar-refractivity contribution in [2.75, 3.05) is 6.61 Å². The van der Waals surface area contributed by atoms with Gasteiger partial charge < -0.3 is 14.9 Å². The van der Waals surface area contributed by atoms with Crippen molar-refractivity contribution in [2.24, 2.45) is 0 Å². The van der Waals surface area contributed by atoms with Crippen molar-refractivity contribution in [2.45, 2.75) is 24.9 Å². The Morgan fingerprint density at radius 1 is 1.58 bits per heavy atom. The van der Waals surface area contributed by atoms with Crippen molar-refractivity contribution in [1.82, 2.24) is 9.55 Å². The van der Waals surface area contributed by atoms with Crippen LogP contribution in [-0.2, 0) is 4.74 Å². The lowest BCUT2D eigenvalue weighted by molar-refractivity contribution is -0.0459. The fourth-order valence-electron chi connectivity index (χ4n) is 1.95. The summed E-state index contributed by atoms with van der Waals surface area (Å²) in [6.07, 6.45) is 0.746. The zero-order valence-electron chi connectivity index (χ0n) is 9.82. The second-order valence-corrected chi connectivity index (χ2v) is 4.69. The van der Waals surface area contributed by atoms with Gasteiger partial charge in [0.15, 0.2) is 0 Å². The molecule has 0 aromatic carbocycles. The second-order valence-electron chi connectivity index (χ2n) is 4.16. The monoisotopic (exact) mass is 332 g/mol. The summed E-state index contributed by atoms with van der Waals surface area (Å²) in [5.41, 5.74) is -0.844. The Kier molecular flexibility index (Phi) is 4.35. The molecule has 1 aliphatic heterocycles. The topological polar surface area (TPSA) is 105 Å². The van der Waals surface area contributed by atoms with Gasteiger partial charge >= 0.3 is 5.69 Å². The summed E-state index contributed by atoms with van der Waals surface area (Å²) >= 11 is 3.05. The third kappa shape index (κ3) is 2.86. The van der Waals surface area contributed by atoms with E-state index in [1.165, 1.54) is 21.8 Å². The zero-order chi connectivity index (χ0) is 14.0. The number of nitrogens with zero attached hydrogens (tertiary/aromatic N) is 1. The maximum Gasteiger partial charge on any atom is 0.330 e. The molecule has 1 unspecified atom stereocenters. The molecule has 1 fully saturated rings. The molecule has 0 saturated carbocycles. The Bertz CT molecular complexity index is 593. The fourth-order valence-corrected chi connectivity index (χ4v) is 2.24. The number of nitrogens with one attached hydrogen (secondary N) is 1. The van der Waals surface area contributed by atoms with Crippen LogP contribution >= 0.6 is 15.9 Å². The Balaban J connectivity index is 2.38. The van der Waals surface area contributed by atoms with Gasteiger partial charge in [-0.05, 0) is 11.1 Å². The summed E-state index contributed by atoms with van der Waals surface area (Å²) in [6, 6.07) is 0. The highest BCUT2D eigenvalue weighted by Gasteiger charge is 2.35. The van der Waals surface area contributed by atoms with Gasteiger partial charge in [-0.1, -0.05) is 15.9 Å². The van der Waals surface area contributed by atoms with Crippen molar-refractivity contribution in [1.29, 1.82) is 0 Å². The van der Waals surface area contributed by atoms with Gasteiger partial charge in [0.2, 0.25) is 0 Å². The van der Waals surface area contributed by atoms with E-state index >= 15 is 0 Å². The molecule has 2 heterocycles. The van der Waals surface area contributed by atoms with E-state index in [0.29, 0.717) is 0 Å². The summed E-state index contributed by atoms with van der Waals surface area (Å²) in [7, 11) is 0. The Morgan fingerprint density at radius 2 is 2.32 bits per heavy atom. The van der Waals surface area contributed by atoms with Gasteiger partial charge in [-0.15, -0.1) is 0 Å². The number of aliphatic hydroxyl groups is 2. The molecule has 19 heavy (non-hydrogen) atoms. The predicted molar refractivity (Wildman–Crippen MR) is 70.9 cm³/mol. The van der Waals surface area contributed by atoms with Gasteiger partial charge in [0.25, 0.3) is 5.56 Å². The lowest BCUT2D eigenvalue weighted by atomic mass is 10.2. The predicted octanol–water partition coefficient (Wildman–Crippen LogP) is -0.457. The maximum absolute atomic E-state index is 11.7. The van der Waals surface area contributed by atoms with Gasteiger partial charge in [-0.2, -0.15) is 0 Å². The SMILES string of the molecule is O=c1[nH]c(=O)n([C@H]2C[C@@H](O)C(CO)O2)cc1/C=C/Br. The van der Waals surface area contributed by atoms with Crippen LogP contribution in [0.4, 0.5) is 0 Å². The second kappa shape index (κ2) is 5.83. The number of hydrogen-bond acceptors (Lipinski definition) is 5. The number of hydrogen-bond donors (Lipinski definition) is 3. The summed E-state index contributed by atoms with van der Waals surface area (Å²) in [6.45, 7) is -0.329. The highest BCUT2D eigenvalue weighted by molar-refractivity contribution is 9.11. The molecule has 3 N–H and O–H groups in total. The first-order chi connectivity index (χ1) is 9.06. The van der Waals surface area contributed by atoms with Crippen molar-refractivity contribution in [3.8, 4) is 0 Å². The Labute approximate surface area is 116 Å². The molecule has 8 heteroatoms. The van der Waals surface area contributed by atoms with E-state index in [0.717, 1.165) is 0 Å². The molecule has 0 radical (unpaired) electrons. The van der Waals surface area contributed by atoms with Crippen LogP contribution in [0, 0.1) is 0 Å². The lowest BCUT2D eigenvalue weighted by Crippen LogP contribution is -2.33. The van der Waals surface area contributed by atoms with Crippen molar-refractivity contribution in [3.05, 3.63) is 37.6 Å². The van der Waals surface area contributed by atoms with Crippen molar-refractivity contribution >= 4 is 22.0 Å². The molecule has 7 nitrogen and oxygen atoms in total. The highest BCUT2D eigenvalue weighted by atomic mass is 79.9. The third-order valence-electron chi connectivity index (χ3n) is 2.93.